The lowest BCUT2D eigenvalue weighted by Gasteiger charge is -2.61. The van der Waals surface area contributed by atoms with Crippen molar-refractivity contribution in [2.75, 3.05) is 17.2 Å². The minimum Gasteiger partial charge on any atom is -0.368 e. The third kappa shape index (κ3) is 5.30. The molecule has 1 aromatic carbocycles. The van der Waals surface area contributed by atoms with Gasteiger partial charge in [-0.05, 0) is 92.6 Å². The van der Waals surface area contributed by atoms with Crippen LogP contribution in [0.3, 0.4) is 0 Å². The highest BCUT2D eigenvalue weighted by molar-refractivity contribution is 6.31. The Bertz CT molecular complexity index is 1140. The number of halogens is 1. The summed E-state index contributed by atoms with van der Waals surface area (Å²) in [6, 6.07) is 11.7. The topological polar surface area (TPSA) is 112 Å². The summed E-state index contributed by atoms with van der Waals surface area (Å²) in [5, 5.41) is 21.4. The fourth-order valence-corrected chi connectivity index (χ4v) is 8.21. The van der Waals surface area contributed by atoms with Gasteiger partial charge in [-0.25, -0.2) is 4.98 Å². The molecular formula is C29H38ClN7. The van der Waals surface area contributed by atoms with Gasteiger partial charge in [0.05, 0.1) is 6.20 Å². The van der Waals surface area contributed by atoms with E-state index in [4.69, 9.17) is 17.3 Å². The molecule has 5 atom stereocenters. The minimum absolute atomic E-state index is 0.298. The van der Waals surface area contributed by atoms with Crippen LogP contribution in [-0.2, 0) is 6.54 Å². The second kappa shape index (κ2) is 10.4. The Morgan fingerprint density at radius 1 is 1.05 bits per heavy atom. The molecule has 7 nitrogen and oxygen atoms in total. The van der Waals surface area contributed by atoms with Gasteiger partial charge in [-0.3, -0.25) is 0 Å². The molecule has 1 aromatic heterocycles. The van der Waals surface area contributed by atoms with E-state index in [9.17, 15) is 5.26 Å². The second-order valence-corrected chi connectivity index (χ2v) is 12.5. The molecule has 5 N–H and O–H groups in total. The lowest BCUT2D eigenvalue weighted by Crippen LogP contribution is -2.61. The van der Waals surface area contributed by atoms with E-state index < -0.39 is 0 Å². The number of rotatable bonds is 8. The molecular weight excluding hydrogens is 482 g/mol. The normalized spacial score (nSPS) is 34.2. The van der Waals surface area contributed by atoms with Crippen molar-refractivity contribution in [3.8, 4) is 6.07 Å². The van der Waals surface area contributed by atoms with Crippen LogP contribution in [0, 0.1) is 34.5 Å². The Labute approximate surface area is 225 Å². The molecule has 5 fully saturated rings. The fraction of sp³-hybridized carbons (Fsp3) is 0.621. The van der Waals surface area contributed by atoms with Gasteiger partial charge in [0.25, 0.3) is 0 Å². The molecule has 5 saturated carbocycles. The van der Waals surface area contributed by atoms with Crippen LogP contribution < -0.4 is 21.7 Å². The second-order valence-electron chi connectivity index (χ2n) is 12.1. The van der Waals surface area contributed by atoms with E-state index in [1.54, 1.807) is 6.20 Å². The highest BCUT2D eigenvalue weighted by Crippen LogP contribution is 2.60. The first kappa shape index (κ1) is 24.9. The van der Waals surface area contributed by atoms with Gasteiger partial charge in [-0.1, -0.05) is 29.8 Å². The molecule has 2 unspecified atom stereocenters. The predicted octanol–water partition coefficient (Wildman–Crippen LogP) is 5.08. The summed E-state index contributed by atoms with van der Waals surface area (Å²) < 4.78 is 0. The highest BCUT2D eigenvalue weighted by atomic mass is 35.5. The molecule has 2 aromatic rings. The number of nitrogens with zero attached hydrogens (tertiary/aromatic N) is 3. The lowest BCUT2D eigenvalue weighted by atomic mass is 9.47. The first-order valence-corrected chi connectivity index (χ1v) is 14.4. The molecule has 8 heteroatoms. The highest BCUT2D eigenvalue weighted by Gasteiger charge is 2.55. The fourth-order valence-electron chi connectivity index (χ4n) is 8.01. The van der Waals surface area contributed by atoms with E-state index in [-0.39, 0.29) is 0 Å². The summed E-state index contributed by atoms with van der Waals surface area (Å²) in [5.41, 5.74) is 7.92. The zero-order valence-corrected chi connectivity index (χ0v) is 22.2. The summed E-state index contributed by atoms with van der Waals surface area (Å²) in [5.74, 6) is 3.49. The SMILES string of the molecule is N#Cc1cnc(NCc2ccccc2Cl)nc1NCC12CC3C[C@H](C1)[C@H](N[C@H]1CC[C@@H](N)CC1)[C@@H](C3)C2. The molecule has 0 saturated heterocycles. The van der Waals surface area contributed by atoms with Crippen LogP contribution in [0.5, 0.6) is 0 Å². The minimum atomic E-state index is 0.298. The lowest BCUT2D eigenvalue weighted by molar-refractivity contribution is -0.0729. The van der Waals surface area contributed by atoms with Crippen LogP contribution in [-0.4, -0.2) is 34.6 Å². The van der Waals surface area contributed by atoms with Gasteiger partial charge in [0.1, 0.15) is 17.5 Å². The van der Waals surface area contributed by atoms with Crippen LogP contribution in [0.4, 0.5) is 11.8 Å². The first-order valence-electron chi connectivity index (χ1n) is 14.0. The molecule has 0 aliphatic heterocycles. The summed E-state index contributed by atoms with van der Waals surface area (Å²) in [4.78, 5) is 9.04. The van der Waals surface area contributed by atoms with Gasteiger partial charge in [-0.15, -0.1) is 0 Å². The maximum absolute atomic E-state index is 9.70. The molecule has 5 aliphatic rings. The van der Waals surface area contributed by atoms with Crippen molar-refractivity contribution >= 4 is 23.4 Å². The Hall–Kier alpha value is -2.40. The standard InChI is InChI=1S/C29H38ClN7/c30-25-4-2-1-3-19(25)15-33-28-34-16-22(14-31)27(37-28)35-17-29-11-18-9-20(12-29)26(21(10-18)13-29)36-24-7-5-23(32)6-8-24/h1-4,16,18,20-21,23-24,26,36H,5-13,15,17,32H2,(H2,33,34,35,37)/t18?,20-,21+,23-,24+,26+,29?. The number of nitrogens with two attached hydrogens (primary N) is 1. The third-order valence-corrected chi connectivity index (χ3v) is 9.90. The van der Waals surface area contributed by atoms with Crippen molar-refractivity contribution in [3.05, 3.63) is 46.6 Å². The molecule has 4 bridgehead atoms. The summed E-state index contributed by atoms with van der Waals surface area (Å²) in [6.45, 7) is 1.40. The summed E-state index contributed by atoms with van der Waals surface area (Å²) in [7, 11) is 0. The molecule has 0 spiro atoms. The molecule has 37 heavy (non-hydrogen) atoms. The number of hydrogen-bond donors (Lipinski definition) is 4. The number of aromatic nitrogens is 2. The van der Waals surface area contributed by atoms with Gasteiger partial charge in [0.2, 0.25) is 5.95 Å². The predicted molar refractivity (Wildman–Crippen MR) is 147 cm³/mol. The van der Waals surface area contributed by atoms with Crippen LogP contribution in [0.15, 0.2) is 30.5 Å². The smallest absolute Gasteiger partial charge is 0.224 e. The molecule has 7 rings (SSSR count). The van der Waals surface area contributed by atoms with Crippen molar-refractivity contribution in [2.24, 2.45) is 28.9 Å². The monoisotopic (exact) mass is 519 g/mol. The number of hydrogen-bond acceptors (Lipinski definition) is 7. The van der Waals surface area contributed by atoms with Crippen molar-refractivity contribution in [3.63, 3.8) is 0 Å². The average Bonchev–Trinajstić information content (AvgIpc) is 2.90. The number of anilines is 2. The first-order chi connectivity index (χ1) is 18.0. The van der Waals surface area contributed by atoms with Gasteiger partial charge < -0.3 is 21.7 Å². The van der Waals surface area contributed by atoms with E-state index in [1.807, 2.05) is 24.3 Å². The van der Waals surface area contributed by atoms with E-state index >= 15 is 0 Å². The number of benzene rings is 1. The van der Waals surface area contributed by atoms with Gasteiger partial charge in [0.15, 0.2) is 0 Å². The molecule has 1 heterocycles. The van der Waals surface area contributed by atoms with Crippen LogP contribution in [0.2, 0.25) is 5.02 Å². The zero-order chi connectivity index (χ0) is 25.4. The Morgan fingerprint density at radius 3 is 2.54 bits per heavy atom. The van der Waals surface area contributed by atoms with Gasteiger partial charge in [-0.2, -0.15) is 10.2 Å². The van der Waals surface area contributed by atoms with Crippen molar-refractivity contribution in [2.45, 2.75) is 82.5 Å². The largest absolute Gasteiger partial charge is 0.368 e. The average molecular weight is 520 g/mol. The van der Waals surface area contributed by atoms with E-state index in [2.05, 4.69) is 32.0 Å². The number of nitrogens with one attached hydrogen (secondary N) is 3. The Kier molecular flexibility index (Phi) is 7.00. The van der Waals surface area contributed by atoms with Gasteiger partial charge >= 0.3 is 0 Å². The van der Waals surface area contributed by atoms with Crippen LogP contribution in [0.1, 0.15) is 68.9 Å². The van der Waals surface area contributed by atoms with Crippen molar-refractivity contribution in [1.82, 2.24) is 15.3 Å². The zero-order valence-electron chi connectivity index (χ0n) is 21.4. The summed E-state index contributed by atoms with van der Waals surface area (Å²) >= 11 is 6.29. The molecule has 5 aliphatic carbocycles. The van der Waals surface area contributed by atoms with Crippen LogP contribution >= 0.6 is 11.6 Å². The maximum Gasteiger partial charge on any atom is 0.224 e. The Balaban J connectivity index is 1.11. The Morgan fingerprint density at radius 2 is 1.81 bits per heavy atom. The molecule has 196 valence electrons. The molecule has 0 radical (unpaired) electrons. The van der Waals surface area contributed by atoms with Crippen molar-refractivity contribution in [1.29, 1.82) is 5.26 Å². The number of nitriles is 1. The van der Waals surface area contributed by atoms with Crippen molar-refractivity contribution < 1.29 is 0 Å². The van der Waals surface area contributed by atoms with Crippen LogP contribution in [0.25, 0.3) is 0 Å². The maximum atomic E-state index is 9.70. The van der Waals surface area contributed by atoms with Gasteiger partial charge in [0, 0.05) is 36.2 Å². The van der Waals surface area contributed by atoms with E-state index in [0.29, 0.717) is 52.4 Å². The van der Waals surface area contributed by atoms with E-state index in [1.165, 1.54) is 44.9 Å². The summed E-state index contributed by atoms with van der Waals surface area (Å²) in [6.07, 6.45) is 12.9. The quantitative estimate of drug-likeness (QED) is 0.384. The third-order valence-electron chi connectivity index (χ3n) is 9.53. The molecule has 0 amide bonds. The van der Waals surface area contributed by atoms with E-state index in [0.717, 1.165) is 42.7 Å².